The van der Waals surface area contributed by atoms with Gasteiger partial charge in [0.25, 0.3) is 0 Å². The molecule has 2 heterocycles. The van der Waals surface area contributed by atoms with Crippen molar-refractivity contribution < 1.29 is 0 Å². The maximum atomic E-state index is 2.48. The zero-order valence-corrected chi connectivity index (χ0v) is 26.6. The van der Waals surface area contributed by atoms with E-state index in [1.165, 1.54) is 112 Å². The maximum Gasteiger partial charge on any atom is 0.0352 e. The molecule has 39 heavy (non-hydrogen) atoms. The van der Waals surface area contributed by atoms with Gasteiger partial charge in [-0.15, -0.1) is 22.7 Å². The molecule has 0 saturated carbocycles. The SMILES string of the molecule is CC(C)CCCCCCc1cc2cc3ccc4cc5cc(CCC(C)CCCC(C)C)sc5cc4c3cc2s1. The second kappa shape index (κ2) is 13.2. The zero-order valence-electron chi connectivity index (χ0n) is 24.9. The first-order valence-corrected chi connectivity index (χ1v) is 17.3. The van der Waals surface area contributed by atoms with Crippen molar-refractivity contribution in [3.8, 4) is 0 Å². The van der Waals surface area contributed by atoms with Crippen LogP contribution in [0.1, 0.15) is 102 Å². The summed E-state index contributed by atoms with van der Waals surface area (Å²) in [6.07, 6.45) is 14.7. The predicted molar refractivity (Wildman–Crippen MR) is 180 cm³/mol. The van der Waals surface area contributed by atoms with E-state index >= 15 is 0 Å². The molecule has 208 valence electrons. The molecule has 2 aromatic heterocycles. The molecule has 0 saturated heterocycles. The van der Waals surface area contributed by atoms with E-state index in [0.29, 0.717) is 0 Å². The van der Waals surface area contributed by atoms with E-state index in [4.69, 9.17) is 0 Å². The number of rotatable bonds is 14. The van der Waals surface area contributed by atoms with E-state index in [2.05, 4.69) is 83.1 Å². The second-order valence-corrected chi connectivity index (χ2v) is 15.4. The molecular formula is C37H48S2. The second-order valence-electron chi connectivity index (χ2n) is 13.0. The molecule has 1 atom stereocenters. The van der Waals surface area contributed by atoms with E-state index < -0.39 is 0 Å². The Hall–Kier alpha value is -1.90. The van der Waals surface area contributed by atoms with Crippen LogP contribution in [0.15, 0.2) is 48.5 Å². The van der Waals surface area contributed by atoms with Gasteiger partial charge in [-0.1, -0.05) is 91.7 Å². The maximum absolute atomic E-state index is 2.48. The van der Waals surface area contributed by atoms with Crippen molar-refractivity contribution in [3.05, 3.63) is 58.3 Å². The van der Waals surface area contributed by atoms with Gasteiger partial charge in [0.05, 0.1) is 0 Å². The number of aryl methyl sites for hydroxylation is 2. The van der Waals surface area contributed by atoms with Gasteiger partial charge in [-0.05, 0) is 112 Å². The highest BCUT2D eigenvalue weighted by Crippen LogP contribution is 2.38. The number of benzene rings is 3. The standard InChI is InChI=1S/C37H48S2/c1-25(2)11-8-6-7-9-14-32-21-30-19-28-16-17-29-20-31-22-33(18-15-27(5)13-10-12-26(3)4)39-37(31)24-35(29)34(28)23-36(30)38-32/h16-17,19-27H,6-15,18H2,1-5H3. The van der Waals surface area contributed by atoms with E-state index in [0.717, 1.165) is 17.8 Å². The molecule has 0 N–H and O–H groups in total. The summed E-state index contributed by atoms with van der Waals surface area (Å²) < 4.78 is 2.89. The molecule has 0 spiro atoms. The van der Waals surface area contributed by atoms with Crippen LogP contribution in [0.5, 0.6) is 0 Å². The van der Waals surface area contributed by atoms with E-state index in [1.54, 1.807) is 9.75 Å². The van der Waals surface area contributed by atoms with Crippen molar-refractivity contribution >= 4 is 64.4 Å². The highest BCUT2D eigenvalue weighted by molar-refractivity contribution is 7.19. The number of fused-ring (bicyclic) bond motifs is 5. The molecule has 0 aliphatic carbocycles. The Morgan fingerprint density at radius 1 is 0.487 bits per heavy atom. The van der Waals surface area contributed by atoms with Crippen molar-refractivity contribution in [1.82, 2.24) is 0 Å². The Morgan fingerprint density at radius 2 is 1.03 bits per heavy atom. The lowest BCUT2D eigenvalue weighted by Gasteiger charge is -2.11. The topological polar surface area (TPSA) is 0 Å². The van der Waals surface area contributed by atoms with Gasteiger partial charge in [-0.2, -0.15) is 0 Å². The molecule has 0 radical (unpaired) electrons. The first kappa shape index (κ1) is 28.6. The lowest BCUT2D eigenvalue weighted by molar-refractivity contribution is 0.438. The van der Waals surface area contributed by atoms with Crippen LogP contribution in [0, 0.1) is 17.8 Å². The summed E-state index contributed by atoms with van der Waals surface area (Å²) in [6.45, 7) is 11.8. The van der Waals surface area contributed by atoms with Gasteiger partial charge in [0.2, 0.25) is 0 Å². The summed E-state index contributed by atoms with van der Waals surface area (Å²) in [5.41, 5.74) is 0. The van der Waals surface area contributed by atoms with Gasteiger partial charge in [0.15, 0.2) is 0 Å². The van der Waals surface area contributed by atoms with E-state index in [-0.39, 0.29) is 0 Å². The van der Waals surface area contributed by atoms with Gasteiger partial charge < -0.3 is 0 Å². The molecule has 1 unspecified atom stereocenters. The van der Waals surface area contributed by atoms with Gasteiger partial charge >= 0.3 is 0 Å². The Labute approximate surface area is 244 Å². The molecule has 5 aromatic rings. The fourth-order valence-corrected chi connectivity index (χ4v) is 8.33. The molecule has 0 amide bonds. The molecule has 0 bridgehead atoms. The molecule has 3 aromatic carbocycles. The third-order valence-electron chi connectivity index (χ3n) is 8.53. The van der Waals surface area contributed by atoms with Gasteiger partial charge in [-0.3, -0.25) is 0 Å². The minimum absolute atomic E-state index is 0.819. The lowest BCUT2D eigenvalue weighted by atomic mass is 9.96. The number of unbranched alkanes of at least 4 members (excludes halogenated alkanes) is 3. The minimum atomic E-state index is 0.819. The van der Waals surface area contributed by atoms with Crippen LogP contribution >= 0.6 is 22.7 Å². The van der Waals surface area contributed by atoms with Crippen LogP contribution in [-0.4, -0.2) is 0 Å². The van der Waals surface area contributed by atoms with E-state index in [1.807, 2.05) is 22.7 Å². The molecular weight excluding hydrogens is 509 g/mol. The Bertz CT molecular complexity index is 1510. The molecule has 5 rings (SSSR count). The first-order valence-electron chi connectivity index (χ1n) is 15.7. The number of thiophene rings is 2. The summed E-state index contributed by atoms with van der Waals surface area (Å²) in [5, 5.41) is 8.42. The summed E-state index contributed by atoms with van der Waals surface area (Å²) in [5.74, 6) is 2.49. The Morgan fingerprint density at radius 3 is 1.62 bits per heavy atom. The molecule has 0 nitrogen and oxygen atoms in total. The summed E-state index contributed by atoms with van der Waals surface area (Å²) in [4.78, 5) is 3.10. The zero-order chi connectivity index (χ0) is 27.4. The smallest absolute Gasteiger partial charge is 0.0352 e. The van der Waals surface area contributed by atoms with E-state index in [9.17, 15) is 0 Å². The third-order valence-corrected chi connectivity index (χ3v) is 10.8. The van der Waals surface area contributed by atoms with Crippen molar-refractivity contribution in [2.75, 3.05) is 0 Å². The molecule has 0 aliphatic rings. The molecule has 2 heteroatoms. The lowest BCUT2D eigenvalue weighted by Crippen LogP contribution is -1.98. The minimum Gasteiger partial charge on any atom is -0.140 e. The fraction of sp³-hybridized carbons (Fsp3) is 0.514. The average molecular weight is 557 g/mol. The molecule has 0 aliphatic heterocycles. The summed E-state index contributed by atoms with van der Waals surface area (Å²) in [6, 6.07) is 19.4. The Balaban J connectivity index is 1.30. The average Bonchev–Trinajstić information content (AvgIpc) is 3.48. The summed E-state index contributed by atoms with van der Waals surface area (Å²) >= 11 is 4.03. The number of hydrogen-bond donors (Lipinski definition) is 0. The van der Waals surface area contributed by atoms with Crippen molar-refractivity contribution in [1.29, 1.82) is 0 Å². The number of hydrogen-bond acceptors (Lipinski definition) is 2. The van der Waals surface area contributed by atoms with Crippen molar-refractivity contribution in [3.63, 3.8) is 0 Å². The first-order chi connectivity index (χ1) is 18.9. The van der Waals surface area contributed by atoms with Crippen LogP contribution in [0.25, 0.3) is 41.7 Å². The highest BCUT2D eigenvalue weighted by atomic mass is 32.1. The fourth-order valence-electron chi connectivity index (χ4n) is 6.10. The van der Waals surface area contributed by atoms with Crippen molar-refractivity contribution in [2.45, 2.75) is 105 Å². The van der Waals surface area contributed by atoms with Gasteiger partial charge in [0, 0.05) is 19.2 Å². The third kappa shape index (κ3) is 7.44. The van der Waals surface area contributed by atoms with Crippen LogP contribution < -0.4 is 0 Å². The van der Waals surface area contributed by atoms with Crippen LogP contribution in [-0.2, 0) is 12.8 Å². The predicted octanol–water partition coefficient (Wildman–Crippen LogP) is 13.0. The highest BCUT2D eigenvalue weighted by Gasteiger charge is 2.11. The van der Waals surface area contributed by atoms with Gasteiger partial charge in [-0.25, -0.2) is 0 Å². The quantitative estimate of drug-likeness (QED) is 0.0942. The van der Waals surface area contributed by atoms with Crippen LogP contribution in [0.3, 0.4) is 0 Å². The Kier molecular flexibility index (Phi) is 9.67. The normalized spacial score (nSPS) is 13.2. The summed E-state index contributed by atoms with van der Waals surface area (Å²) in [7, 11) is 0. The monoisotopic (exact) mass is 556 g/mol. The molecule has 0 fully saturated rings. The van der Waals surface area contributed by atoms with Crippen LogP contribution in [0.4, 0.5) is 0 Å². The van der Waals surface area contributed by atoms with Gasteiger partial charge in [0.1, 0.15) is 0 Å². The van der Waals surface area contributed by atoms with Crippen LogP contribution in [0.2, 0.25) is 0 Å². The largest absolute Gasteiger partial charge is 0.140 e. The van der Waals surface area contributed by atoms with Crippen molar-refractivity contribution in [2.24, 2.45) is 17.8 Å².